The largest absolute Gasteiger partial charge is 0.316 e. The van der Waals surface area contributed by atoms with Gasteiger partial charge in [0.1, 0.15) is 0 Å². The molecule has 1 atom stereocenters. The molecule has 1 aromatic carbocycles. The van der Waals surface area contributed by atoms with Gasteiger partial charge >= 0.3 is 0 Å². The van der Waals surface area contributed by atoms with Crippen LogP contribution in [0.5, 0.6) is 0 Å². The van der Waals surface area contributed by atoms with Gasteiger partial charge in [-0.25, -0.2) is 0 Å². The molecule has 0 aromatic heterocycles. The molecule has 1 aliphatic heterocycles. The van der Waals surface area contributed by atoms with Crippen molar-refractivity contribution >= 4 is 5.69 Å². The van der Waals surface area contributed by atoms with Gasteiger partial charge < -0.3 is 5.32 Å². The molecule has 1 aromatic rings. The van der Waals surface area contributed by atoms with E-state index in [4.69, 9.17) is 0 Å². The SMILES string of the molecule is CC(C)N(Cc1ccc([N+](=O)[O-])cc1)CC1CCCNC1. The molecule has 5 heteroatoms. The molecule has 5 nitrogen and oxygen atoms in total. The molecule has 0 amide bonds. The van der Waals surface area contributed by atoms with Gasteiger partial charge in [-0.05, 0) is 51.3 Å². The lowest BCUT2D eigenvalue weighted by Gasteiger charge is -2.32. The molecule has 0 aliphatic carbocycles. The summed E-state index contributed by atoms with van der Waals surface area (Å²) in [5.74, 6) is 0.708. The lowest BCUT2D eigenvalue weighted by Crippen LogP contribution is -2.40. The Morgan fingerprint density at radius 1 is 1.38 bits per heavy atom. The first-order valence-corrected chi connectivity index (χ1v) is 7.74. The van der Waals surface area contributed by atoms with Gasteiger partial charge in [0.05, 0.1) is 4.92 Å². The molecule has 2 rings (SSSR count). The number of hydrogen-bond donors (Lipinski definition) is 1. The number of piperidine rings is 1. The van der Waals surface area contributed by atoms with Crippen LogP contribution in [0.1, 0.15) is 32.3 Å². The first-order chi connectivity index (χ1) is 10.1. The Labute approximate surface area is 126 Å². The molecule has 0 radical (unpaired) electrons. The van der Waals surface area contributed by atoms with Crippen LogP contribution in [0.3, 0.4) is 0 Å². The predicted molar refractivity (Wildman–Crippen MR) is 84.2 cm³/mol. The monoisotopic (exact) mass is 291 g/mol. The molecule has 21 heavy (non-hydrogen) atoms. The summed E-state index contributed by atoms with van der Waals surface area (Å²) in [7, 11) is 0. The van der Waals surface area contributed by atoms with E-state index in [0.29, 0.717) is 12.0 Å². The number of nitrogens with one attached hydrogen (secondary N) is 1. The summed E-state index contributed by atoms with van der Waals surface area (Å²) in [6.07, 6.45) is 2.55. The summed E-state index contributed by atoms with van der Waals surface area (Å²) in [5, 5.41) is 14.2. The van der Waals surface area contributed by atoms with E-state index >= 15 is 0 Å². The number of non-ortho nitro benzene ring substituents is 1. The molecule has 0 bridgehead atoms. The van der Waals surface area contributed by atoms with Crippen LogP contribution in [0.15, 0.2) is 24.3 Å². The Kier molecular flexibility index (Phi) is 5.70. The van der Waals surface area contributed by atoms with Crippen molar-refractivity contribution in [2.75, 3.05) is 19.6 Å². The molecule has 1 saturated heterocycles. The van der Waals surface area contributed by atoms with Gasteiger partial charge in [-0.1, -0.05) is 12.1 Å². The normalized spacial score (nSPS) is 19.1. The van der Waals surface area contributed by atoms with E-state index in [9.17, 15) is 10.1 Å². The third-order valence-electron chi connectivity index (χ3n) is 4.15. The zero-order valence-corrected chi connectivity index (χ0v) is 12.9. The minimum absolute atomic E-state index is 0.159. The van der Waals surface area contributed by atoms with Crippen molar-refractivity contribution in [1.82, 2.24) is 10.2 Å². The van der Waals surface area contributed by atoms with E-state index < -0.39 is 0 Å². The van der Waals surface area contributed by atoms with E-state index in [1.807, 2.05) is 12.1 Å². The zero-order chi connectivity index (χ0) is 15.2. The van der Waals surface area contributed by atoms with Crippen molar-refractivity contribution in [2.24, 2.45) is 5.92 Å². The van der Waals surface area contributed by atoms with Crippen LogP contribution in [0.2, 0.25) is 0 Å². The van der Waals surface area contributed by atoms with Gasteiger partial charge in [-0.15, -0.1) is 0 Å². The van der Waals surface area contributed by atoms with Crippen LogP contribution in [0.4, 0.5) is 5.69 Å². The predicted octanol–water partition coefficient (Wildman–Crippen LogP) is 2.80. The van der Waals surface area contributed by atoms with Gasteiger partial charge in [0, 0.05) is 31.3 Å². The number of benzene rings is 1. The van der Waals surface area contributed by atoms with Crippen LogP contribution in [0.25, 0.3) is 0 Å². The molecular weight excluding hydrogens is 266 g/mol. The second-order valence-electron chi connectivity index (χ2n) is 6.16. The van der Waals surface area contributed by atoms with Gasteiger partial charge in [0.25, 0.3) is 5.69 Å². The first-order valence-electron chi connectivity index (χ1n) is 7.74. The maximum Gasteiger partial charge on any atom is 0.269 e. The van der Waals surface area contributed by atoms with Gasteiger partial charge in [0.15, 0.2) is 0 Å². The highest BCUT2D eigenvalue weighted by atomic mass is 16.6. The minimum Gasteiger partial charge on any atom is -0.316 e. The van der Waals surface area contributed by atoms with Crippen LogP contribution in [-0.4, -0.2) is 35.5 Å². The summed E-state index contributed by atoms with van der Waals surface area (Å²) in [6, 6.07) is 7.40. The Balaban J connectivity index is 1.96. The summed E-state index contributed by atoms with van der Waals surface area (Å²) >= 11 is 0. The van der Waals surface area contributed by atoms with Crippen LogP contribution in [0, 0.1) is 16.0 Å². The molecule has 1 aliphatic rings. The highest BCUT2D eigenvalue weighted by Gasteiger charge is 2.19. The average Bonchev–Trinajstić information content (AvgIpc) is 2.48. The van der Waals surface area contributed by atoms with Crippen molar-refractivity contribution in [3.05, 3.63) is 39.9 Å². The van der Waals surface area contributed by atoms with Gasteiger partial charge in [-0.3, -0.25) is 15.0 Å². The molecule has 1 heterocycles. The van der Waals surface area contributed by atoms with E-state index in [2.05, 4.69) is 24.1 Å². The molecule has 0 spiro atoms. The average molecular weight is 291 g/mol. The molecule has 1 N–H and O–H groups in total. The fourth-order valence-electron chi connectivity index (χ4n) is 2.83. The smallest absolute Gasteiger partial charge is 0.269 e. The highest BCUT2D eigenvalue weighted by Crippen LogP contribution is 2.18. The van der Waals surface area contributed by atoms with Crippen molar-refractivity contribution < 1.29 is 4.92 Å². The van der Waals surface area contributed by atoms with E-state index in [1.54, 1.807) is 12.1 Å². The Hall–Kier alpha value is -1.46. The zero-order valence-electron chi connectivity index (χ0n) is 12.9. The second kappa shape index (κ2) is 7.52. The van der Waals surface area contributed by atoms with Crippen molar-refractivity contribution in [1.29, 1.82) is 0 Å². The maximum absolute atomic E-state index is 10.7. The van der Waals surface area contributed by atoms with E-state index in [0.717, 1.165) is 31.7 Å². The van der Waals surface area contributed by atoms with Crippen LogP contribution in [-0.2, 0) is 6.54 Å². The van der Waals surface area contributed by atoms with Crippen molar-refractivity contribution in [3.63, 3.8) is 0 Å². The molecule has 0 saturated carbocycles. The van der Waals surface area contributed by atoms with Gasteiger partial charge in [-0.2, -0.15) is 0 Å². The Morgan fingerprint density at radius 2 is 2.10 bits per heavy atom. The number of nitrogens with zero attached hydrogens (tertiary/aromatic N) is 2. The summed E-state index contributed by atoms with van der Waals surface area (Å²) in [6.45, 7) is 8.60. The Bertz CT molecular complexity index is 453. The lowest BCUT2D eigenvalue weighted by molar-refractivity contribution is -0.384. The summed E-state index contributed by atoms with van der Waals surface area (Å²) < 4.78 is 0. The lowest BCUT2D eigenvalue weighted by atomic mass is 9.98. The Morgan fingerprint density at radius 3 is 2.62 bits per heavy atom. The fourth-order valence-corrected chi connectivity index (χ4v) is 2.83. The van der Waals surface area contributed by atoms with E-state index in [-0.39, 0.29) is 10.6 Å². The van der Waals surface area contributed by atoms with Crippen molar-refractivity contribution in [2.45, 2.75) is 39.3 Å². The molecule has 116 valence electrons. The summed E-state index contributed by atoms with van der Waals surface area (Å²) in [4.78, 5) is 12.8. The fraction of sp³-hybridized carbons (Fsp3) is 0.625. The second-order valence-corrected chi connectivity index (χ2v) is 6.16. The van der Waals surface area contributed by atoms with Crippen molar-refractivity contribution in [3.8, 4) is 0 Å². The van der Waals surface area contributed by atoms with Gasteiger partial charge in [0.2, 0.25) is 0 Å². The maximum atomic E-state index is 10.7. The number of rotatable bonds is 6. The molecule has 1 fully saturated rings. The third-order valence-corrected chi connectivity index (χ3v) is 4.15. The topological polar surface area (TPSA) is 58.4 Å². The highest BCUT2D eigenvalue weighted by molar-refractivity contribution is 5.32. The van der Waals surface area contributed by atoms with Crippen LogP contribution >= 0.6 is 0 Å². The molecular formula is C16H25N3O2. The summed E-state index contributed by atoms with van der Waals surface area (Å²) in [5.41, 5.74) is 1.30. The first kappa shape index (κ1) is 15.9. The third kappa shape index (κ3) is 4.79. The van der Waals surface area contributed by atoms with E-state index in [1.165, 1.54) is 12.8 Å². The standard InChI is InChI=1S/C16H25N3O2/c1-13(2)18(12-15-4-3-9-17-10-15)11-14-5-7-16(8-6-14)19(20)21/h5-8,13,15,17H,3-4,9-12H2,1-2H3. The number of hydrogen-bond acceptors (Lipinski definition) is 4. The number of nitro groups is 1. The van der Waals surface area contributed by atoms with Crippen LogP contribution < -0.4 is 5.32 Å². The minimum atomic E-state index is -0.350. The quantitative estimate of drug-likeness (QED) is 0.647. The molecule has 1 unspecified atom stereocenters. The number of nitro benzene ring substituents is 1.